The summed E-state index contributed by atoms with van der Waals surface area (Å²) in [6.07, 6.45) is 0. The van der Waals surface area contributed by atoms with Crippen LogP contribution >= 0.6 is 0 Å². The zero-order chi connectivity index (χ0) is 14.7. The van der Waals surface area contributed by atoms with Crippen molar-refractivity contribution < 1.29 is 14.3 Å². The summed E-state index contributed by atoms with van der Waals surface area (Å²) >= 11 is 0. The lowest BCUT2D eigenvalue weighted by atomic mass is 10.2. The SMILES string of the molecule is CC(C)CNC(=O)Cn1c(CO)nc2cc(F)ccc21. The molecular formula is C14H18FN3O2. The fourth-order valence-electron chi connectivity index (χ4n) is 1.97. The van der Waals surface area contributed by atoms with E-state index in [4.69, 9.17) is 0 Å². The molecule has 0 radical (unpaired) electrons. The largest absolute Gasteiger partial charge is 0.388 e. The van der Waals surface area contributed by atoms with Crippen molar-refractivity contribution in [3.63, 3.8) is 0 Å². The smallest absolute Gasteiger partial charge is 0.240 e. The van der Waals surface area contributed by atoms with Gasteiger partial charge in [-0.2, -0.15) is 0 Å². The number of aliphatic hydroxyl groups is 1. The number of hydrogen-bond acceptors (Lipinski definition) is 3. The van der Waals surface area contributed by atoms with Gasteiger partial charge in [0, 0.05) is 12.6 Å². The zero-order valence-corrected chi connectivity index (χ0v) is 11.6. The molecule has 20 heavy (non-hydrogen) atoms. The lowest BCUT2D eigenvalue weighted by molar-refractivity contribution is -0.121. The summed E-state index contributed by atoms with van der Waals surface area (Å²) in [7, 11) is 0. The molecule has 1 aromatic carbocycles. The first-order valence-corrected chi connectivity index (χ1v) is 6.53. The fraction of sp³-hybridized carbons (Fsp3) is 0.429. The molecule has 2 N–H and O–H groups in total. The molecule has 0 aliphatic heterocycles. The van der Waals surface area contributed by atoms with Crippen LogP contribution in [0, 0.1) is 11.7 Å². The van der Waals surface area contributed by atoms with E-state index < -0.39 is 5.82 Å². The van der Waals surface area contributed by atoms with E-state index in [1.807, 2.05) is 13.8 Å². The quantitative estimate of drug-likeness (QED) is 0.870. The minimum atomic E-state index is -0.393. The maximum atomic E-state index is 13.2. The molecule has 0 bridgehead atoms. The molecule has 2 aromatic rings. The third-order valence-electron chi connectivity index (χ3n) is 2.94. The average Bonchev–Trinajstić information content (AvgIpc) is 2.73. The van der Waals surface area contributed by atoms with Crippen molar-refractivity contribution in [1.82, 2.24) is 14.9 Å². The highest BCUT2D eigenvalue weighted by Crippen LogP contribution is 2.17. The number of carbonyl (C=O) groups is 1. The molecule has 0 saturated heterocycles. The Bertz CT molecular complexity index is 622. The van der Waals surface area contributed by atoms with Gasteiger partial charge in [0.1, 0.15) is 24.8 Å². The van der Waals surface area contributed by atoms with E-state index in [1.165, 1.54) is 12.1 Å². The molecule has 0 aliphatic carbocycles. The Labute approximate surface area is 116 Å². The molecule has 0 saturated carbocycles. The van der Waals surface area contributed by atoms with Crippen molar-refractivity contribution in [2.24, 2.45) is 5.92 Å². The predicted octanol–water partition coefficient (Wildman–Crippen LogP) is 1.44. The van der Waals surface area contributed by atoms with Crippen molar-refractivity contribution in [2.45, 2.75) is 27.0 Å². The maximum absolute atomic E-state index is 13.2. The summed E-state index contributed by atoms with van der Waals surface area (Å²) in [4.78, 5) is 16.0. The van der Waals surface area contributed by atoms with Crippen molar-refractivity contribution in [3.8, 4) is 0 Å². The highest BCUT2D eigenvalue weighted by Gasteiger charge is 2.13. The maximum Gasteiger partial charge on any atom is 0.240 e. The number of nitrogens with zero attached hydrogens (tertiary/aromatic N) is 2. The van der Waals surface area contributed by atoms with Gasteiger partial charge in [0.2, 0.25) is 5.91 Å². The Morgan fingerprint density at radius 3 is 2.90 bits per heavy atom. The van der Waals surface area contributed by atoms with Crippen molar-refractivity contribution in [2.75, 3.05) is 6.54 Å². The van der Waals surface area contributed by atoms with Gasteiger partial charge >= 0.3 is 0 Å². The van der Waals surface area contributed by atoms with Gasteiger partial charge in [-0.05, 0) is 18.1 Å². The first-order valence-electron chi connectivity index (χ1n) is 6.53. The summed E-state index contributed by atoms with van der Waals surface area (Å²) in [5.41, 5.74) is 1.07. The van der Waals surface area contributed by atoms with Crippen molar-refractivity contribution in [3.05, 3.63) is 29.8 Å². The molecule has 1 amide bonds. The highest BCUT2D eigenvalue weighted by molar-refractivity contribution is 5.81. The van der Waals surface area contributed by atoms with Gasteiger partial charge in [-0.25, -0.2) is 9.37 Å². The van der Waals surface area contributed by atoms with Crippen LogP contribution < -0.4 is 5.32 Å². The number of carbonyl (C=O) groups excluding carboxylic acids is 1. The van der Waals surface area contributed by atoms with Gasteiger partial charge in [-0.15, -0.1) is 0 Å². The third kappa shape index (κ3) is 3.14. The van der Waals surface area contributed by atoms with E-state index in [9.17, 15) is 14.3 Å². The molecule has 6 heteroatoms. The number of nitrogens with one attached hydrogen (secondary N) is 1. The molecule has 0 spiro atoms. The number of imidazole rings is 1. The second-order valence-electron chi connectivity index (χ2n) is 5.10. The van der Waals surface area contributed by atoms with Crippen LogP contribution in [-0.2, 0) is 17.9 Å². The van der Waals surface area contributed by atoms with E-state index in [0.29, 0.717) is 29.3 Å². The van der Waals surface area contributed by atoms with E-state index in [2.05, 4.69) is 10.3 Å². The number of amides is 1. The van der Waals surface area contributed by atoms with Crippen LogP contribution in [0.25, 0.3) is 11.0 Å². The molecule has 2 rings (SSSR count). The van der Waals surface area contributed by atoms with E-state index in [-0.39, 0.29) is 19.1 Å². The van der Waals surface area contributed by atoms with E-state index in [0.717, 1.165) is 0 Å². The van der Waals surface area contributed by atoms with Crippen LogP contribution in [0.3, 0.4) is 0 Å². The number of hydrogen-bond donors (Lipinski definition) is 2. The molecule has 0 unspecified atom stereocenters. The summed E-state index contributed by atoms with van der Waals surface area (Å²) in [6, 6.07) is 4.16. The molecule has 0 atom stereocenters. The third-order valence-corrected chi connectivity index (χ3v) is 2.94. The molecule has 108 valence electrons. The summed E-state index contributed by atoms with van der Waals surface area (Å²) in [5, 5.41) is 12.1. The molecule has 0 aliphatic rings. The number of halogens is 1. The Morgan fingerprint density at radius 2 is 2.25 bits per heavy atom. The second kappa shape index (κ2) is 6.00. The molecule has 5 nitrogen and oxygen atoms in total. The monoisotopic (exact) mass is 279 g/mol. The van der Waals surface area contributed by atoms with Gasteiger partial charge in [-0.3, -0.25) is 4.79 Å². The van der Waals surface area contributed by atoms with Crippen LogP contribution in [0.5, 0.6) is 0 Å². The van der Waals surface area contributed by atoms with Crippen LogP contribution in [-0.4, -0.2) is 27.1 Å². The molecule has 1 heterocycles. The standard InChI is InChI=1S/C14H18FN3O2/c1-9(2)6-16-14(20)7-18-12-4-3-10(15)5-11(12)17-13(18)8-19/h3-5,9,19H,6-8H2,1-2H3,(H,16,20). The van der Waals surface area contributed by atoms with Crippen molar-refractivity contribution in [1.29, 1.82) is 0 Å². The van der Waals surface area contributed by atoms with Gasteiger partial charge in [0.05, 0.1) is 11.0 Å². The Morgan fingerprint density at radius 1 is 1.50 bits per heavy atom. The van der Waals surface area contributed by atoms with Gasteiger partial charge in [-0.1, -0.05) is 13.8 Å². The predicted molar refractivity (Wildman–Crippen MR) is 73.5 cm³/mol. The summed E-state index contributed by atoms with van der Waals surface area (Å²) in [5.74, 6) is 0.170. The minimum absolute atomic E-state index is 0.0603. The van der Waals surface area contributed by atoms with Gasteiger partial charge in [0.15, 0.2) is 0 Å². The second-order valence-corrected chi connectivity index (χ2v) is 5.10. The van der Waals surface area contributed by atoms with Crippen LogP contribution in [0.4, 0.5) is 4.39 Å². The first kappa shape index (κ1) is 14.5. The average molecular weight is 279 g/mol. The van der Waals surface area contributed by atoms with E-state index >= 15 is 0 Å². The molecule has 1 aromatic heterocycles. The lowest BCUT2D eigenvalue weighted by Crippen LogP contribution is -2.31. The van der Waals surface area contributed by atoms with Gasteiger partial charge in [0.25, 0.3) is 0 Å². The summed E-state index contributed by atoms with van der Waals surface area (Å²) < 4.78 is 14.8. The summed E-state index contributed by atoms with van der Waals surface area (Å²) in [6.45, 7) is 4.37. The van der Waals surface area contributed by atoms with Crippen LogP contribution in [0.15, 0.2) is 18.2 Å². The molecule has 0 fully saturated rings. The number of aliphatic hydroxyl groups excluding tert-OH is 1. The van der Waals surface area contributed by atoms with Crippen molar-refractivity contribution >= 4 is 16.9 Å². The Hall–Kier alpha value is -1.95. The van der Waals surface area contributed by atoms with Gasteiger partial charge < -0.3 is 15.0 Å². The Balaban J connectivity index is 2.26. The van der Waals surface area contributed by atoms with Crippen LogP contribution in [0.1, 0.15) is 19.7 Å². The highest BCUT2D eigenvalue weighted by atomic mass is 19.1. The van der Waals surface area contributed by atoms with E-state index in [1.54, 1.807) is 10.6 Å². The number of aromatic nitrogens is 2. The Kier molecular flexibility index (Phi) is 4.34. The van der Waals surface area contributed by atoms with Crippen LogP contribution in [0.2, 0.25) is 0 Å². The topological polar surface area (TPSA) is 67.2 Å². The minimum Gasteiger partial charge on any atom is -0.388 e. The number of fused-ring (bicyclic) bond motifs is 1. The molecular weight excluding hydrogens is 261 g/mol. The zero-order valence-electron chi connectivity index (χ0n) is 11.6. The number of rotatable bonds is 5. The lowest BCUT2D eigenvalue weighted by Gasteiger charge is -2.10. The number of benzene rings is 1. The fourth-order valence-corrected chi connectivity index (χ4v) is 1.97. The first-order chi connectivity index (χ1) is 9.51. The normalized spacial score (nSPS) is 11.2.